The van der Waals surface area contributed by atoms with Gasteiger partial charge in [0.15, 0.2) is 11.6 Å². The SMILES string of the molecule is N[C@@]1(F)C=CC(Cl)=C[C@H]1C(=O)c1ccccc1. The molecule has 0 aromatic heterocycles. The van der Waals surface area contributed by atoms with Crippen LogP contribution >= 0.6 is 11.6 Å². The quantitative estimate of drug-likeness (QED) is 0.649. The predicted molar refractivity (Wildman–Crippen MR) is 65.4 cm³/mol. The van der Waals surface area contributed by atoms with Crippen molar-refractivity contribution in [3.63, 3.8) is 0 Å². The van der Waals surface area contributed by atoms with Crippen molar-refractivity contribution in [2.24, 2.45) is 11.7 Å². The molecular weight excluding hydrogens is 241 g/mol. The van der Waals surface area contributed by atoms with Gasteiger partial charge >= 0.3 is 0 Å². The first-order chi connectivity index (χ1) is 8.00. The average Bonchev–Trinajstić information content (AvgIpc) is 2.33. The molecule has 0 bridgehead atoms. The Morgan fingerprint density at radius 2 is 2.00 bits per heavy atom. The molecule has 88 valence electrons. The number of carbonyl (C=O) groups is 1. The minimum absolute atomic E-state index is 0.318. The smallest absolute Gasteiger partial charge is 0.191 e. The van der Waals surface area contributed by atoms with E-state index in [2.05, 4.69) is 0 Å². The van der Waals surface area contributed by atoms with Gasteiger partial charge in [-0.1, -0.05) is 48.0 Å². The number of ketones is 1. The van der Waals surface area contributed by atoms with E-state index in [-0.39, 0.29) is 5.78 Å². The topological polar surface area (TPSA) is 43.1 Å². The Labute approximate surface area is 104 Å². The number of alkyl halides is 1. The van der Waals surface area contributed by atoms with Gasteiger partial charge in [-0.15, -0.1) is 0 Å². The first kappa shape index (κ1) is 12.0. The van der Waals surface area contributed by atoms with E-state index in [1.165, 1.54) is 12.2 Å². The van der Waals surface area contributed by atoms with E-state index in [0.29, 0.717) is 10.6 Å². The van der Waals surface area contributed by atoms with Crippen molar-refractivity contribution >= 4 is 17.4 Å². The summed E-state index contributed by atoms with van der Waals surface area (Å²) < 4.78 is 14.0. The highest BCUT2D eigenvalue weighted by atomic mass is 35.5. The van der Waals surface area contributed by atoms with Crippen LogP contribution in [0.3, 0.4) is 0 Å². The molecule has 0 aliphatic heterocycles. The molecule has 17 heavy (non-hydrogen) atoms. The fraction of sp³-hybridized carbons (Fsp3) is 0.154. The van der Waals surface area contributed by atoms with E-state index in [1.54, 1.807) is 30.3 Å². The van der Waals surface area contributed by atoms with E-state index in [0.717, 1.165) is 6.08 Å². The molecule has 1 aromatic rings. The molecule has 0 saturated heterocycles. The summed E-state index contributed by atoms with van der Waals surface area (Å²) in [6.45, 7) is 0. The van der Waals surface area contributed by atoms with Crippen LogP contribution in [0.25, 0.3) is 0 Å². The molecule has 0 spiro atoms. The Kier molecular flexibility index (Phi) is 3.13. The van der Waals surface area contributed by atoms with Crippen molar-refractivity contribution in [1.29, 1.82) is 0 Å². The zero-order valence-electron chi connectivity index (χ0n) is 8.94. The summed E-state index contributed by atoms with van der Waals surface area (Å²) in [5, 5.41) is 0.318. The lowest BCUT2D eigenvalue weighted by molar-refractivity contribution is 0.0807. The van der Waals surface area contributed by atoms with Gasteiger partial charge in [0, 0.05) is 10.6 Å². The number of rotatable bonds is 2. The van der Waals surface area contributed by atoms with Crippen LogP contribution in [0.15, 0.2) is 53.6 Å². The maximum absolute atomic E-state index is 14.0. The summed E-state index contributed by atoms with van der Waals surface area (Å²) >= 11 is 5.77. The lowest BCUT2D eigenvalue weighted by Gasteiger charge is -2.26. The molecule has 2 atom stereocenters. The molecule has 0 radical (unpaired) electrons. The van der Waals surface area contributed by atoms with Crippen LogP contribution in [-0.2, 0) is 0 Å². The Morgan fingerprint density at radius 1 is 1.35 bits per heavy atom. The van der Waals surface area contributed by atoms with E-state index in [4.69, 9.17) is 17.3 Å². The van der Waals surface area contributed by atoms with Crippen molar-refractivity contribution in [3.05, 3.63) is 59.2 Å². The van der Waals surface area contributed by atoms with E-state index >= 15 is 0 Å². The van der Waals surface area contributed by atoms with Crippen LogP contribution in [0.2, 0.25) is 0 Å². The summed E-state index contributed by atoms with van der Waals surface area (Å²) in [7, 11) is 0. The number of Topliss-reactive ketones (excluding diaryl/α,β-unsaturated/α-hetero) is 1. The van der Waals surface area contributed by atoms with Gasteiger partial charge in [0.1, 0.15) is 0 Å². The number of carbonyl (C=O) groups excluding carboxylic acids is 1. The van der Waals surface area contributed by atoms with Gasteiger partial charge in [0.05, 0.1) is 5.92 Å². The second kappa shape index (κ2) is 4.43. The molecule has 1 aliphatic carbocycles. The van der Waals surface area contributed by atoms with Crippen LogP contribution in [0.4, 0.5) is 4.39 Å². The van der Waals surface area contributed by atoms with Crippen molar-refractivity contribution in [2.45, 2.75) is 5.79 Å². The van der Waals surface area contributed by atoms with Gasteiger partial charge in [0.2, 0.25) is 0 Å². The molecule has 0 fully saturated rings. The van der Waals surface area contributed by atoms with Crippen molar-refractivity contribution in [3.8, 4) is 0 Å². The largest absolute Gasteiger partial charge is 0.295 e. The second-order valence-electron chi connectivity index (χ2n) is 3.92. The number of nitrogens with two attached hydrogens (primary N) is 1. The zero-order valence-corrected chi connectivity index (χ0v) is 9.69. The lowest BCUT2D eigenvalue weighted by atomic mass is 9.86. The van der Waals surface area contributed by atoms with Gasteiger partial charge < -0.3 is 0 Å². The molecule has 1 aromatic carbocycles. The van der Waals surface area contributed by atoms with Crippen LogP contribution in [-0.4, -0.2) is 11.6 Å². The molecule has 0 unspecified atom stereocenters. The highest BCUT2D eigenvalue weighted by Gasteiger charge is 2.38. The average molecular weight is 252 g/mol. The van der Waals surface area contributed by atoms with Crippen LogP contribution in [0.5, 0.6) is 0 Å². The third kappa shape index (κ3) is 2.46. The fourth-order valence-electron chi connectivity index (χ4n) is 1.71. The number of hydrogen-bond donors (Lipinski definition) is 1. The number of halogens is 2. The molecule has 2 rings (SSSR count). The molecule has 1 aliphatic rings. The van der Waals surface area contributed by atoms with Crippen molar-refractivity contribution < 1.29 is 9.18 Å². The maximum Gasteiger partial charge on any atom is 0.191 e. The Hall–Kier alpha value is -1.45. The maximum atomic E-state index is 14.0. The third-order valence-corrected chi connectivity index (χ3v) is 2.89. The van der Waals surface area contributed by atoms with E-state index in [9.17, 15) is 9.18 Å². The van der Waals surface area contributed by atoms with E-state index in [1.807, 2.05) is 0 Å². The van der Waals surface area contributed by atoms with Gasteiger partial charge in [-0.25, -0.2) is 4.39 Å². The summed E-state index contributed by atoms with van der Waals surface area (Å²) in [6, 6.07) is 8.46. The second-order valence-corrected chi connectivity index (χ2v) is 4.36. The monoisotopic (exact) mass is 251 g/mol. The van der Waals surface area contributed by atoms with Crippen LogP contribution in [0.1, 0.15) is 10.4 Å². The first-order valence-corrected chi connectivity index (χ1v) is 5.52. The standard InChI is InChI=1S/C13H11ClFNO/c14-10-6-7-13(15,16)11(8-10)12(17)9-4-2-1-3-5-9/h1-8,11H,16H2/t11-,13-/m0/s1. The molecule has 0 heterocycles. The minimum Gasteiger partial charge on any atom is -0.295 e. The van der Waals surface area contributed by atoms with Crippen molar-refractivity contribution in [1.82, 2.24) is 0 Å². The van der Waals surface area contributed by atoms with Gasteiger partial charge in [0.25, 0.3) is 0 Å². The lowest BCUT2D eigenvalue weighted by Crippen LogP contribution is -2.45. The fourth-order valence-corrected chi connectivity index (χ4v) is 1.90. The Balaban J connectivity index is 2.34. The number of hydrogen-bond acceptors (Lipinski definition) is 2. The summed E-state index contributed by atoms with van der Waals surface area (Å²) in [5.74, 6) is -3.65. The predicted octanol–water partition coefficient (Wildman–Crippen LogP) is 2.80. The van der Waals surface area contributed by atoms with Crippen LogP contribution < -0.4 is 5.73 Å². The molecule has 0 saturated carbocycles. The normalized spacial score (nSPS) is 27.7. The summed E-state index contributed by atoms with van der Waals surface area (Å²) in [4.78, 5) is 12.1. The van der Waals surface area contributed by atoms with Crippen LogP contribution in [0, 0.1) is 5.92 Å². The zero-order chi connectivity index (χ0) is 12.5. The van der Waals surface area contributed by atoms with Gasteiger partial charge in [-0.2, -0.15) is 0 Å². The first-order valence-electron chi connectivity index (χ1n) is 5.14. The molecule has 2 N–H and O–H groups in total. The van der Waals surface area contributed by atoms with Crippen molar-refractivity contribution in [2.75, 3.05) is 0 Å². The molecule has 0 amide bonds. The third-order valence-electron chi connectivity index (χ3n) is 2.64. The van der Waals surface area contributed by atoms with E-state index < -0.39 is 11.7 Å². The Morgan fingerprint density at radius 3 is 2.65 bits per heavy atom. The minimum atomic E-state index is -2.19. The molecule has 2 nitrogen and oxygen atoms in total. The summed E-state index contributed by atoms with van der Waals surface area (Å²) in [6.07, 6.45) is 3.81. The molecule has 4 heteroatoms. The summed E-state index contributed by atoms with van der Waals surface area (Å²) in [5.41, 5.74) is 5.86. The highest BCUT2D eigenvalue weighted by molar-refractivity contribution is 6.31. The number of allylic oxidation sites excluding steroid dienone is 2. The molecular formula is C13H11ClFNO. The Bertz CT molecular complexity index is 493. The highest BCUT2D eigenvalue weighted by Crippen LogP contribution is 2.30. The van der Waals surface area contributed by atoms with Gasteiger partial charge in [-0.05, 0) is 12.2 Å². The van der Waals surface area contributed by atoms with Gasteiger partial charge in [-0.3, -0.25) is 10.5 Å². The number of benzene rings is 1.